The molecule has 4 aromatic rings. The summed E-state index contributed by atoms with van der Waals surface area (Å²) in [6, 6.07) is 13.8. The zero-order valence-electron chi connectivity index (χ0n) is 29.3. The maximum Gasteiger partial charge on any atom is 0.475 e. The van der Waals surface area contributed by atoms with Crippen molar-refractivity contribution >= 4 is 36.0 Å². The highest BCUT2D eigenvalue weighted by atomic mass is 31.2. The minimum absolute atomic E-state index is 0.202. The van der Waals surface area contributed by atoms with Gasteiger partial charge in [-0.05, 0) is 84.5 Å². The van der Waals surface area contributed by atoms with Crippen LogP contribution in [0.2, 0.25) is 0 Å². The van der Waals surface area contributed by atoms with E-state index in [1.165, 1.54) is 18.5 Å². The molecule has 0 spiro atoms. The third kappa shape index (κ3) is 13.1. The van der Waals surface area contributed by atoms with Gasteiger partial charge in [0, 0.05) is 48.8 Å². The first kappa shape index (κ1) is 37.8. The van der Waals surface area contributed by atoms with Crippen LogP contribution in [0.5, 0.6) is 5.88 Å². The number of benzene rings is 2. The van der Waals surface area contributed by atoms with Crippen LogP contribution in [0, 0.1) is 17.7 Å². The van der Waals surface area contributed by atoms with Crippen molar-refractivity contribution in [2.45, 2.75) is 66.1 Å². The molecule has 14 heteroatoms. The molecule has 0 radical (unpaired) electrons. The first-order chi connectivity index (χ1) is 23.2. The molecule has 49 heavy (non-hydrogen) atoms. The van der Waals surface area contributed by atoms with Crippen LogP contribution in [-0.4, -0.2) is 75.7 Å². The van der Waals surface area contributed by atoms with Crippen molar-refractivity contribution in [1.82, 2.24) is 25.1 Å². The molecule has 12 nitrogen and oxygen atoms in total. The SMILES string of the molecule is CCN(CCC#Cc1ccc2c(Nc3cc(OCCNc4cccc(F)c4)[nH]n3)ncnc2c1)CCOP(=O)(OC(C)(C)C)OC(C)(C)C. The van der Waals surface area contributed by atoms with Crippen molar-refractivity contribution in [3.63, 3.8) is 0 Å². The van der Waals surface area contributed by atoms with Gasteiger partial charge in [-0.1, -0.05) is 24.8 Å². The number of aromatic amines is 1. The Morgan fingerprint density at radius 3 is 2.47 bits per heavy atom. The summed E-state index contributed by atoms with van der Waals surface area (Å²) in [7, 11) is -3.75. The number of nitrogens with zero attached hydrogens (tertiary/aromatic N) is 4. The van der Waals surface area contributed by atoms with Gasteiger partial charge in [0.1, 0.15) is 24.6 Å². The van der Waals surface area contributed by atoms with Crippen LogP contribution >= 0.6 is 7.82 Å². The molecule has 264 valence electrons. The van der Waals surface area contributed by atoms with Gasteiger partial charge in [-0.25, -0.2) is 24.0 Å². The average molecular weight is 696 g/mol. The number of nitrogens with one attached hydrogen (secondary N) is 3. The van der Waals surface area contributed by atoms with Gasteiger partial charge in [-0.15, -0.1) is 0 Å². The highest BCUT2D eigenvalue weighted by Gasteiger charge is 2.37. The Morgan fingerprint density at radius 1 is 0.980 bits per heavy atom. The highest BCUT2D eigenvalue weighted by Crippen LogP contribution is 2.55. The minimum atomic E-state index is -3.75. The van der Waals surface area contributed by atoms with Gasteiger partial charge in [0.05, 0.1) is 23.3 Å². The smallest absolute Gasteiger partial charge is 0.475 e. The molecule has 0 amide bonds. The van der Waals surface area contributed by atoms with Crippen LogP contribution in [0.3, 0.4) is 0 Å². The molecule has 0 saturated carbocycles. The fraction of sp³-hybridized carbons (Fsp3) is 0.457. The van der Waals surface area contributed by atoms with Crippen molar-refractivity contribution in [2.24, 2.45) is 0 Å². The summed E-state index contributed by atoms with van der Waals surface area (Å²) in [5, 5.41) is 14.2. The van der Waals surface area contributed by atoms with E-state index in [2.05, 4.69) is 54.5 Å². The molecule has 3 N–H and O–H groups in total. The summed E-state index contributed by atoms with van der Waals surface area (Å²) in [4.78, 5) is 11.0. The summed E-state index contributed by atoms with van der Waals surface area (Å²) in [6.45, 7) is 16.1. The second-order valence-corrected chi connectivity index (χ2v) is 14.7. The Hall–Kier alpha value is -4.05. The van der Waals surface area contributed by atoms with Crippen LogP contribution in [0.1, 0.15) is 60.5 Å². The summed E-state index contributed by atoms with van der Waals surface area (Å²) in [6.07, 6.45) is 2.13. The van der Waals surface area contributed by atoms with Crippen LogP contribution in [-0.2, 0) is 18.1 Å². The van der Waals surface area contributed by atoms with E-state index in [9.17, 15) is 8.96 Å². The van der Waals surface area contributed by atoms with E-state index in [1.807, 2.05) is 59.7 Å². The van der Waals surface area contributed by atoms with Gasteiger partial charge >= 0.3 is 7.82 Å². The number of hydrogen-bond donors (Lipinski definition) is 3. The van der Waals surface area contributed by atoms with Crippen molar-refractivity contribution < 1.29 is 27.3 Å². The molecule has 4 rings (SSSR count). The Labute approximate surface area is 288 Å². The Kier molecular flexibility index (Phi) is 13.1. The van der Waals surface area contributed by atoms with E-state index in [0.717, 1.165) is 29.6 Å². The number of phosphoric acid groups is 1. The van der Waals surface area contributed by atoms with Crippen molar-refractivity contribution in [3.8, 4) is 17.7 Å². The van der Waals surface area contributed by atoms with Gasteiger partial charge in [-0.2, -0.15) is 5.10 Å². The Bertz CT molecular complexity index is 1760. The quantitative estimate of drug-likeness (QED) is 0.0609. The number of likely N-dealkylation sites (N-methyl/N-ethyl adjacent to an activating group) is 1. The fourth-order valence-corrected chi connectivity index (χ4v) is 6.37. The first-order valence-corrected chi connectivity index (χ1v) is 17.7. The number of halogens is 1. The van der Waals surface area contributed by atoms with Crippen LogP contribution < -0.4 is 15.4 Å². The lowest BCUT2D eigenvalue weighted by Gasteiger charge is -2.31. The summed E-state index contributed by atoms with van der Waals surface area (Å²) >= 11 is 0. The third-order valence-electron chi connectivity index (χ3n) is 6.61. The van der Waals surface area contributed by atoms with Gasteiger partial charge < -0.3 is 20.3 Å². The predicted octanol–water partition coefficient (Wildman–Crippen LogP) is 7.54. The fourth-order valence-electron chi connectivity index (χ4n) is 4.58. The van der Waals surface area contributed by atoms with E-state index in [-0.39, 0.29) is 12.4 Å². The number of aromatic nitrogens is 4. The monoisotopic (exact) mass is 695 g/mol. The van der Waals surface area contributed by atoms with E-state index in [4.69, 9.17) is 18.3 Å². The molecule has 0 fully saturated rings. The number of H-pyrrole nitrogens is 1. The molecule has 0 aliphatic heterocycles. The van der Waals surface area contributed by atoms with Crippen molar-refractivity contribution in [1.29, 1.82) is 0 Å². The Morgan fingerprint density at radius 2 is 1.76 bits per heavy atom. The predicted molar refractivity (Wildman–Crippen MR) is 191 cm³/mol. The maximum atomic E-state index is 13.3. The summed E-state index contributed by atoms with van der Waals surface area (Å²) in [5.74, 6) is 7.80. The molecule has 0 atom stereocenters. The van der Waals surface area contributed by atoms with Crippen molar-refractivity contribution in [3.05, 3.63) is 66.2 Å². The first-order valence-electron chi connectivity index (χ1n) is 16.3. The molecule has 0 aliphatic rings. The number of rotatable bonds is 16. The molecule has 0 unspecified atom stereocenters. The van der Waals surface area contributed by atoms with E-state index >= 15 is 0 Å². The van der Waals surface area contributed by atoms with Crippen LogP contribution in [0.4, 0.5) is 21.7 Å². The number of hydrogen-bond acceptors (Lipinski definition) is 11. The molecule has 0 aliphatic carbocycles. The normalized spacial score (nSPS) is 12.2. The molecule has 2 aromatic carbocycles. The highest BCUT2D eigenvalue weighted by molar-refractivity contribution is 7.48. The molecule has 0 saturated heterocycles. The molecular formula is C35H47FN7O5P. The number of anilines is 3. The lowest BCUT2D eigenvalue weighted by atomic mass is 10.1. The van der Waals surface area contributed by atoms with E-state index in [0.29, 0.717) is 49.3 Å². The largest absolute Gasteiger partial charge is 0.476 e. The summed E-state index contributed by atoms with van der Waals surface area (Å²) in [5.41, 5.74) is 0.904. The molecule has 2 aromatic heterocycles. The van der Waals surface area contributed by atoms with Crippen LogP contribution in [0.25, 0.3) is 10.9 Å². The topological polar surface area (TPSA) is 136 Å². The van der Waals surface area contributed by atoms with Gasteiger partial charge in [0.15, 0.2) is 5.82 Å². The lowest BCUT2D eigenvalue weighted by molar-refractivity contribution is 0.00120. The number of fused-ring (bicyclic) bond motifs is 1. The Balaban J connectivity index is 1.26. The lowest BCUT2D eigenvalue weighted by Crippen LogP contribution is -2.29. The molecular weight excluding hydrogens is 648 g/mol. The van der Waals surface area contributed by atoms with E-state index in [1.54, 1.807) is 18.2 Å². The number of ether oxygens (including phenoxy) is 1. The third-order valence-corrected chi connectivity index (χ3v) is 8.65. The maximum absolute atomic E-state index is 13.3. The van der Waals surface area contributed by atoms with Gasteiger partial charge in [-0.3, -0.25) is 13.6 Å². The zero-order valence-corrected chi connectivity index (χ0v) is 30.2. The average Bonchev–Trinajstić information content (AvgIpc) is 3.45. The molecule has 0 bridgehead atoms. The number of phosphoric ester groups is 1. The van der Waals surface area contributed by atoms with E-state index < -0.39 is 19.0 Å². The zero-order chi connectivity index (χ0) is 35.5. The molecule has 2 heterocycles. The summed E-state index contributed by atoms with van der Waals surface area (Å²) < 4.78 is 49.5. The van der Waals surface area contributed by atoms with Crippen molar-refractivity contribution in [2.75, 3.05) is 50.0 Å². The van der Waals surface area contributed by atoms with Crippen LogP contribution in [0.15, 0.2) is 54.9 Å². The second kappa shape index (κ2) is 17.1. The second-order valence-electron chi connectivity index (χ2n) is 13.2. The van der Waals surface area contributed by atoms with Gasteiger partial charge in [0.25, 0.3) is 0 Å². The standard InChI is InChI=1S/C35H47FN7O5P/c1-8-43(19-21-46-49(44,47-34(2,3)4)48-35(5,6)7)18-10-9-12-26-15-16-29-30(22-26)38-25-39-33(29)40-31-24-32(42-41-31)45-20-17-37-28-14-11-13-27(36)23-28/h11,13-16,22-25,37H,8,10,17-21H2,1-7H3,(H2,38,39,40,41,42). The van der Waals surface area contributed by atoms with Gasteiger partial charge in [0.2, 0.25) is 5.88 Å². The minimum Gasteiger partial charge on any atom is -0.476 e.